The fraction of sp³-hybridized carbons (Fsp3) is 0.267. The first-order chi connectivity index (χ1) is 10.5. The monoisotopic (exact) mass is 353 g/mol. The molecule has 23 heavy (non-hydrogen) atoms. The summed E-state index contributed by atoms with van der Waals surface area (Å²) in [5.74, 6) is -0.127. The summed E-state index contributed by atoms with van der Waals surface area (Å²) in [4.78, 5) is 15.3. The van der Waals surface area contributed by atoms with Crippen LogP contribution in [0.3, 0.4) is 0 Å². The number of anilines is 1. The predicted octanol–water partition coefficient (Wildman–Crippen LogP) is 2.29. The zero-order valence-electron chi connectivity index (χ0n) is 12.8. The molecular formula is C15H20ClN5OS. The van der Waals surface area contributed by atoms with Crippen LogP contribution in [0.25, 0.3) is 0 Å². The topological polar surface area (TPSA) is 104 Å². The highest BCUT2D eigenvalue weighted by molar-refractivity contribution is 7.13. The van der Waals surface area contributed by atoms with Gasteiger partial charge in [0.1, 0.15) is 0 Å². The minimum absolute atomic E-state index is 0. The first-order valence-corrected chi connectivity index (χ1v) is 7.78. The minimum Gasteiger partial charge on any atom is -0.370 e. The molecule has 5 N–H and O–H groups in total. The molecule has 0 fully saturated rings. The maximum Gasteiger partial charge on any atom is 0.223 e. The molecule has 0 spiro atoms. The summed E-state index contributed by atoms with van der Waals surface area (Å²) in [6.45, 7) is 2.03. The molecule has 0 atom stereocenters. The van der Waals surface area contributed by atoms with Gasteiger partial charge in [0.25, 0.3) is 0 Å². The van der Waals surface area contributed by atoms with Crippen LogP contribution in [0.1, 0.15) is 23.7 Å². The van der Waals surface area contributed by atoms with Gasteiger partial charge in [-0.25, -0.2) is 4.98 Å². The van der Waals surface area contributed by atoms with Gasteiger partial charge in [0, 0.05) is 18.8 Å². The summed E-state index contributed by atoms with van der Waals surface area (Å²) in [6, 6.07) is 8.18. The predicted molar refractivity (Wildman–Crippen MR) is 96.3 cm³/mol. The van der Waals surface area contributed by atoms with E-state index in [-0.39, 0.29) is 24.3 Å². The SMILES string of the molecule is CC(=O)Nc1nc(CCc2ccc(CNC(=N)N)cc2)cs1.Cl. The molecule has 1 aromatic carbocycles. The van der Waals surface area contributed by atoms with Crippen LogP contribution in [0, 0.1) is 5.41 Å². The molecule has 2 rings (SSSR count). The largest absolute Gasteiger partial charge is 0.370 e. The fourth-order valence-corrected chi connectivity index (χ4v) is 2.71. The average molecular weight is 354 g/mol. The molecule has 0 unspecified atom stereocenters. The molecule has 1 heterocycles. The third-order valence-corrected chi connectivity index (χ3v) is 3.82. The third kappa shape index (κ3) is 6.66. The normalized spacial score (nSPS) is 9.78. The van der Waals surface area contributed by atoms with Crippen LogP contribution in [-0.2, 0) is 24.2 Å². The van der Waals surface area contributed by atoms with Crippen molar-refractivity contribution in [3.8, 4) is 0 Å². The van der Waals surface area contributed by atoms with E-state index >= 15 is 0 Å². The highest BCUT2D eigenvalue weighted by atomic mass is 35.5. The number of hydrogen-bond acceptors (Lipinski definition) is 4. The molecule has 6 nitrogen and oxygen atoms in total. The summed E-state index contributed by atoms with van der Waals surface area (Å²) in [5.41, 5.74) is 8.54. The van der Waals surface area contributed by atoms with Crippen LogP contribution in [-0.4, -0.2) is 16.9 Å². The molecule has 0 saturated heterocycles. The smallest absolute Gasteiger partial charge is 0.223 e. The lowest BCUT2D eigenvalue weighted by molar-refractivity contribution is -0.114. The molecule has 1 aromatic heterocycles. The summed E-state index contributed by atoms with van der Waals surface area (Å²) in [7, 11) is 0. The zero-order valence-corrected chi connectivity index (χ0v) is 14.4. The van der Waals surface area contributed by atoms with Crippen molar-refractivity contribution in [2.45, 2.75) is 26.3 Å². The number of aromatic nitrogens is 1. The van der Waals surface area contributed by atoms with Gasteiger partial charge in [-0.1, -0.05) is 24.3 Å². The number of halogens is 1. The van der Waals surface area contributed by atoms with Crippen molar-refractivity contribution in [2.75, 3.05) is 5.32 Å². The molecule has 2 aromatic rings. The minimum atomic E-state index is -0.101. The Hall–Kier alpha value is -2.12. The number of carbonyl (C=O) groups is 1. The quantitative estimate of drug-likeness (QED) is 0.472. The third-order valence-electron chi connectivity index (χ3n) is 3.01. The maximum atomic E-state index is 11.0. The number of aryl methyl sites for hydroxylation is 2. The van der Waals surface area contributed by atoms with Gasteiger partial charge < -0.3 is 16.4 Å². The van der Waals surface area contributed by atoms with E-state index in [9.17, 15) is 4.79 Å². The van der Waals surface area contributed by atoms with Crippen LogP contribution in [0.5, 0.6) is 0 Å². The van der Waals surface area contributed by atoms with E-state index in [1.807, 2.05) is 17.5 Å². The van der Waals surface area contributed by atoms with Crippen molar-refractivity contribution < 1.29 is 4.79 Å². The Morgan fingerprint density at radius 2 is 1.91 bits per heavy atom. The lowest BCUT2D eigenvalue weighted by Crippen LogP contribution is -2.29. The number of nitrogens with zero attached hydrogens (tertiary/aromatic N) is 1. The molecule has 0 aliphatic rings. The van der Waals surface area contributed by atoms with E-state index in [0.717, 1.165) is 24.1 Å². The number of thiazole rings is 1. The van der Waals surface area contributed by atoms with Gasteiger partial charge in [-0.2, -0.15) is 0 Å². The number of nitrogens with one attached hydrogen (secondary N) is 3. The summed E-state index contributed by atoms with van der Waals surface area (Å²) >= 11 is 1.44. The van der Waals surface area contributed by atoms with Gasteiger partial charge in [0.05, 0.1) is 5.69 Å². The van der Waals surface area contributed by atoms with E-state index in [1.54, 1.807) is 0 Å². The fourth-order valence-electron chi connectivity index (χ4n) is 1.92. The Morgan fingerprint density at radius 1 is 1.26 bits per heavy atom. The molecule has 8 heteroatoms. The first-order valence-electron chi connectivity index (χ1n) is 6.90. The zero-order chi connectivity index (χ0) is 15.9. The van der Waals surface area contributed by atoms with Gasteiger partial charge in [-0.15, -0.1) is 23.7 Å². The number of rotatable bonds is 6. The average Bonchev–Trinajstić information content (AvgIpc) is 2.90. The van der Waals surface area contributed by atoms with Crippen molar-refractivity contribution in [3.63, 3.8) is 0 Å². The molecule has 0 aliphatic carbocycles. The maximum absolute atomic E-state index is 11.0. The molecule has 0 saturated carbocycles. The lowest BCUT2D eigenvalue weighted by atomic mass is 10.1. The van der Waals surface area contributed by atoms with Gasteiger partial charge >= 0.3 is 0 Å². The summed E-state index contributed by atoms with van der Waals surface area (Å²) < 4.78 is 0. The van der Waals surface area contributed by atoms with Crippen LogP contribution in [0.15, 0.2) is 29.6 Å². The number of benzene rings is 1. The Balaban J connectivity index is 0.00000264. The second-order valence-corrected chi connectivity index (χ2v) is 5.77. The molecule has 0 aliphatic heterocycles. The molecule has 124 valence electrons. The number of guanidine groups is 1. The number of hydrogen-bond donors (Lipinski definition) is 4. The van der Waals surface area contributed by atoms with Crippen molar-refractivity contribution in [3.05, 3.63) is 46.5 Å². The standard InChI is InChI=1S/C15H19N5OS.ClH/c1-10(21)19-15-20-13(9-22-15)7-6-11-2-4-12(5-3-11)8-18-14(16)17;/h2-5,9H,6-8H2,1H3,(H4,16,17,18)(H,19,20,21);1H. The second kappa shape index (κ2) is 9.12. The second-order valence-electron chi connectivity index (χ2n) is 4.91. The van der Waals surface area contributed by atoms with Gasteiger partial charge in [-0.05, 0) is 24.0 Å². The number of amides is 1. The Labute approximate surface area is 145 Å². The number of carbonyl (C=O) groups excluding carboxylic acids is 1. The van der Waals surface area contributed by atoms with E-state index in [4.69, 9.17) is 11.1 Å². The summed E-state index contributed by atoms with van der Waals surface area (Å²) in [6.07, 6.45) is 1.73. The van der Waals surface area contributed by atoms with Gasteiger partial charge in [0.2, 0.25) is 5.91 Å². The molecule has 1 amide bonds. The highest BCUT2D eigenvalue weighted by Gasteiger charge is 2.04. The first kappa shape index (κ1) is 18.9. The van der Waals surface area contributed by atoms with Crippen LogP contribution >= 0.6 is 23.7 Å². The molecular weight excluding hydrogens is 334 g/mol. The van der Waals surface area contributed by atoms with Crippen LogP contribution in [0.2, 0.25) is 0 Å². The number of nitrogens with two attached hydrogens (primary N) is 1. The Kier molecular flexibility index (Phi) is 7.50. The summed E-state index contributed by atoms with van der Waals surface area (Å²) in [5, 5.41) is 15.2. The highest BCUT2D eigenvalue weighted by Crippen LogP contribution is 2.17. The van der Waals surface area contributed by atoms with Gasteiger partial charge in [-0.3, -0.25) is 10.2 Å². The van der Waals surface area contributed by atoms with Crippen molar-refractivity contribution >= 4 is 40.7 Å². The van der Waals surface area contributed by atoms with Crippen LogP contribution < -0.4 is 16.4 Å². The van der Waals surface area contributed by atoms with Crippen LogP contribution in [0.4, 0.5) is 5.13 Å². The lowest BCUT2D eigenvalue weighted by Gasteiger charge is -2.05. The molecule has 0 radical (unpaired) electrons. The van der Waals surface area contributed by atoms with E-state index < -0.39 is 0 Å². The van der Waals surface area contributed by atoms with Crippen molar-refractivity contribution in [1.29, 1.82) is 5.41 Å². The van der Waals surface area contributed by atoms with E-state index in [2.05, 4.69) is 27.8 Å². The molecule has 0 bridgehead atoms. The Bertz CT molecular complexity index is 656. The van der Waals surface area contributed by atoms with Crippen molar-refractivity contribution in [2.24, 2.45) is 5.73 Å². The van der Waals surface area contributed by atoms with Gasteiger partial charge in [0.15, 0.2) is 11.1 Å². The van der Waals surface area contributed by atoms with E-state index in [0.29, 0.717) is 11.7 Å². The van der Waals surface area contributed by atoms with E-state index in [1.165, 1.54) is 23.8 Å². The van der Waals surface area contributed by atoms with Crippen molar-refractivity contribution in [1.82, 2.24) is 10.3 Å². The Morgan fingerprint density at radius 3 is 2.52 bits per heavy atom.